The number of rotatable bonds is 1. The van der Waals surface area contributed by atoms with Gasteiger partial charge in [-0.2, -0.15) is 0 Å². The first-order chi connectivity index (χ1) is 5.27. The summed E-state index contributed by atoms with van der Waals surface area (Å²) in [4.78, 5) is 10.8. The van der Waals surface area contributed by atoms with Crippen LogP contribution in [0.5, 0.6) is 0 Å². The van der Waals surface area contributed by atoms with Crippen molar-refractivity contribution in [1.29, 1.82) is 0 Å². The predicted octanol–water partition coefficient (Wildman–Crippen LogP) is 1.36. The molecule has 0 aromatic rings. The number of hydrogen-bond acceptors (Lipinski definition) is 1. The van der Waals surface area contributed by atoms with Crippen molar-refractivity contribution in [3.63, 3.8) is 0 Å². The summed E-state index contributed by atoms with van der Waals surface area (Å²) in [5.74, 6) is 2.27. The van der Waals surface area contributed by atoms with Crippen molar-refractivity contribution >= 4 is 5.97 Å². The fourth-order valence-corrected chi connectivity index (χ4v) is 3.47. The van der Waals surface area contributed by atoms with Crippen LogP contribution >= 0.6 is 0 Å². The summed E-state index contributed by atoms with van der Waals surface area (Å²) in [6.07, 6.45) is 3.92. The molecule has 6 fully saturated rings. The Labute approximate surface area is 65.6 Å². The molecule has 3 atom stereocenters. The second-order valence-corrected chi connectivity index (χ2v) is 4.42. The van der Waals surface area contributed by atoms with E-state index >= 15 is 0 Å². The zero-order chi connectivity index (χ0) is 7.59. The van der Waals surface area contributed by atoms with Crippen molar-refractivity contribution in [3.8, 4) is 0 Å². The quantitative estimate of drug-likeness (QED) is 0.616. The fraction of sp³-hybridized carbons (Fsp3) is 0.889. The van der Waals surface area contributed by atoms with Crippen LogP contribution in [-0.4, -0.2) is 11.1 Å². The molecule has 6 rings (SSSR count). The Morgan fingerprint density at radius 1 is 1.09 bits per heavy atom. The maximum atomic E-state index is 10.8. The summed E-state index contributed by atoms with van der Waals surface area (Å²) in [7, 11) is 0. The van der Waals surface area contributed by atoms with E-state index in [2.05, 4.69) is 0 Å². The van der Waals surface area contributed by atoms with E-state index in [0.717, 1.165) is 11.8 Å². The fourth-order valence-electron chi connectivity index (χ4n) is 3.47. The second-order valence-electron chi connectivity index (χ2n) is 4.42. The van der Waals surface area contributed by atoms with Crippen molar-refractivity contribution in [2.24, 2.45) is 29.6 Å². The average molecular weight is 152 g/mol. The molecule has 0 spiro atoms. The third-order valence-electron chi connectivity index (χ3n) is 4.17. The molecule has 0 heterocycles. The predicted molar refractivity (Wildman–Crippen MR) is 38.9 cm³/mol. The maximum Gasteiger partial charge on any atom is 0.307 e. The lowest BCUT2D eigenvalue weighted by Crippen LogP contribution is -2.60. The molecular weight excluding hydrogens is 140 g/mol. The molecule has 1 N–H and O–H groups in total. The van der Waals surface area contributed by atoms with Crippen LogP contribution in [0.15, 0.2) is 0 Å². The zero-order valence-electron chi connectivity index (χ0n) is 6.36. The largest absolute Gasteiger partial charge is 0.481 e. The lowest BCUT2D eigenvalue weighted by Gasteiger charge is -2.63. The molecule has 6 aliphatic carbocycles. The molecule has 2 nitrogen and oxygen atoms in total. The van der Waals surface area contributed by atoms with Gasteiger partial charge in [0.1, 0.15) is 0 Å². The van der Waals surface area contributed by atoms with Gasteiger partial charge in [0.2, 0.25) is 0 Å². The first-order valence-corrected chi connectivity index (χ1v) is 4.50. The molecule has 0 radical (unpaired) electrons. The van der Waals surface area contributed by atoms with Gasteiger partial charge in [0.15, 0.2) is 0 Å². The molecule has 11 heavy (non-hydrogen) atoms. The van der Waals surface area contributed by atoms with E-state index in [9.17, 15) is 4.79 Å². The van der Waals surface area contributed by atoms with E-state index in [-0.39, 0.29) is 5.92 Å². The summed E-state index contributed by atoms with van der Waals surface area (Å²) < 4.78 is 0. The van der Waals surface area contributed by atoms with Gasteiger partial charge in [0, 0.05) is 0 Å². The summed E-state index contributed by atoms with van der Waals surface area (Å²) in [5, 5.41) is 8.88. The average Bonchev–Trinajstić information content (AvgIpc) is 1.82. The van der Waals surface area contributed by atoms with Gasteiger partial charge < -0.3 is 5.11 Å². The van der Waals surface area contributed by atoms with Crippen LogP contribution in [0.3, 0.4) is 0 Å². The highest BCUT2D eigenvalue weighted by Gasteiger charge is 2.62. The topological polar surface area (TPSA) is 37.3 Å². The SMILES string of the molecule is O=C(O)C1[C@@H]2C[C@H]1C1CC2C1. The van der Waals surface area contributed by atoms with Gasteiger partial charge in [-0.1, -0.05) is 0 Å². The molecule has 0 amide bonds. The van der Waals surface area contributed by atoms with Gasteiger partial charge in [0.25, 0.3) is 0 Å². The Bertz CT molecular complexity index is 204. The van der Waals surface area contributed by atoms with Crippen LogP contribution < -0.4 is 0 Å². The number of aliphatic carboxylic acids is 1. The standard InChI is InChI=1S/C9H12O2/c10-9(11)8-6-3-7(8)5-1-4(6)2-5/h4-8H,1-3H2,(H,10,11)/t4?,5?,6-,7+,8?. The molecule has 1 unspecified atom stereocenters. The van der Waals surface area contributed by atoms with E-state index in [0.29, 0.717) is 11.8 Å². The Kier molecular flexibility index (Phi) is 0.890. The third-order valence-corrected chi connectivity index (χ3v) is 4.17. The van der Waals surface area contributed by atoms with Crippen molar-refractivity contribution < 1.29 is 9.90 Å². The second kappa shape index (κ2) is 1.62. The monoisotopic (exact) mass is 152 g/mol. The molecule has 2 heteroatoms. The zero-order valence-corrected chi connectivity index (χ0v) is 6.36. The van der Waals surface area contributed by atoms with Crippen LogP contribution in [0.4, 0.5) is 0 Å². The number of hydrogen-bond donors (Lipinski definition) is 1. The maximum absolute atomic E-state index is 10.8. The summed E-state index contributed by atoms with van der Waals surface area (Å²) >= 11 is 0. The van der Waals surface area contributed by atoms with Crippen molar-refractivity contribution in [3.05, 3.63) is 0 Å². The number of carboxylic acid groups (broad SMARTS) is 1. The first-order valence-electron chi connectivity index (χ1n) is 4.50. The molecule has 0 aromatic heterocycles. The molecule has 6 saturated carbocycles. The van der Waals surface area contributed by atoms with Crippen LogP contribution in [0.1, 0.15) is 19.3 Å². The van der Waals surface area contributed by atoms with Gasteiger partial charge in [-0.05, 0) is 42.9 Å². The Hall–Kier alpha value is -0.530. The smallest absolute Gasteiger partial charge is 0.307 e. The van der Waals surface area contributed by atoms with Crippen molar-refractivity contribution in [1.82, 2.24) is 0 Å². The van der Waals surface area contributed by atoms with E-state index in [1.54, 1.807) is 0 Å². The van der Waals surface area contributed by atoms with Crippen LogP contribution in [0.25, 0.3) is 0 Å². The molecule has 6 aliphatic rings. The van der Waals surface area contributed by atoms with Crippen LogP contribution in [0.2, 0.25) is 0 Å². The summed E-state index contributed by atoms with van der Waals surface area (Å²) in [5.41, 5.74) is 0. The van der Waals surface area contributed by atoms with E-state index in [1.807, 2.05) is 0 Å². The highest BCUT2D eigenvalue weighted by atomic mass is 16.4. The van der Waals surface area contributed by atoms with Crippen molar-refractivity contribution in [2.75, 3.05) is 0 Å². The highest BCUT2D eigenvalue weighted by Crippen LogP contribution is 2.65. The highest BCUT2D eigenvalue weighted by molar-refractivity contribution is 5.72. The van der Waals surface area contributed by atoms with E-state index in [1.165, 1.54) is 19.3 Å². The van der Waals surface area contributed by atoms with Gasteiger partial charge in [-0.3, -0.25) is 4.79 Å². The summed E-state index contributed by atoms with van der Waals surface area (Å²) in [6, 6.07) is 0. The molecule has 0 aromatic carbocycles. The molecular formula is C9H12O2. The normalized spacial score (nSPS) is 57.6. The minimum absolute atomic E-state index is 0.0625. The van der Waals surface area contributed by atoms with Gasteiger partial charge in [-0.25, -0.2) is 0 Å². The lowest BCUT2D eigenvalue weighted by molar-refractivity contribution is -0.189. The van der Waals surface area contributed by atoms with Gasteiger partial charge in [-0.15, -0.1) is 0 Å². The minimum atomic E-state index is -0.527. The Balaban J connectivity index is 1.87. The molecule has 0 saturated heterocycles. The number of carbonyl (C=O) groups is 1. The summed E-state index contributed by atoms with van der Waals surface area (Å²) in [6.45, 7) is 0. The van der Waals surface area contributed by atoms with Crippen LogP contribution in [0, 0.1) is 29.6 Å². The van der Waals surface area contributed by atoms with Crippen LogP contribution in [-0.2, 0) is 4.79 Å². The Morgan fingerprint density at radius 3 is 1.91 bits per heavy atom. The van der Waals surface area contributed by atoms with Gasteiger partial charge >= 0.3 is 5.97 Å². The third kappa shape index (κ3) is 0.534. The van der Waals surface area contributed by atoms with Crippen molar-refractivity contribution in [2.45, 2.75) is 19.3 Å². The van der Waals surface area contributed by atoms with E-state index in [4.69, 9.17) is 5.11 Å². The Morgan fingerprint density at radius 2 is 1.64 bits per heavy atom. The molecule has 60 valence electrons. The number of carboxylic acids is 1. The molecule has 0 aliphatic heterocycles. The molecule has 4 bridgehead atoms. The first kappa shape index (κ1) is 6.04. The van der Waals surface area contributed by atoms with E-state index < -0.39 is 5.97 Å². The minimum Gasteiger partial charge on any atom is -0.481 e. The lowest BCUT2D eigenvalue weighted by atomic mass is 9.40. The van der Waals surface area contributed by atoms with Gasteiger partial charge in [0.05, 0.1) is 5.92 Å².